The maximum Gasteiger partial charge on any atom is 0.240 e. The van der Waals surface area contributed by atoms with Crippen molar-refractivity contribution in [2.45, 2.75) is 12.5 Å². The summed E-state index contributed by atoms with van der Waals surface area (Å²) in [5.41, 5.74) is 0. The SMILES string of the molecule is CN(C)C(=O)CN1CCCN(C(=O)C2CSCN2)CC1. The molecule has 0 saturated carbocycles. The predicted molar refractivity (Wildman–Crippen MR) is 80.6 cm³/mol. The molecule has 1 unspecified atom stereocenters. The fourth-order valence-corrected chi connectivity index (χ4v) is 3.39. The van der Waals surface area contributed by atoms with E-state index in [4.69, 9.17) is 0 Å². The highest BCUT2D eigenvalue weighted by molar-refractivity contribution is 7.99. The molecule has 2 rings (SSSR count). The summed E-state index contributed by atoms with van der Waals surface area (Å²) in [6.45, 7) is 3.64. The Kier molecular flexibility index (Phi) is 5.68. The number of likely N-dealkylation sites (N-methyl/N-ethyl adjacent to an activating group) is 1. The van der Waals surface area contributed by atoms with Crippen molar-refractivity contribution in [3.63, 3.8) is 0 Å². The monoisotopic (exact) mass is 300 g/mol. The number of carbonyl (C=O) groups is 2. The van der Waals surface area contributed by atoms with Gasteiger partial charge in [-0.15, -0.1) is 11.8 Å². The molecule has 0 aromatic carbocycles. The third-order valence-corrected chi connectivity index (χ3v) is 4.71. The fourth-order valence-electron chi connectivity index (χ4n) is 2.46. The van der Waals surface area contributed by atoms with Gasteiger partial charge in [-0.25, -0.2) is 0 Å². The van der Waals surface area contributed by atoms with Gasteiger partial charge >= 0.3 is 0 Å². The van der Waals surface area contributed by atoms with E-state index in [1.807, 2.05) is 4.90 Å². The van der Waals surface area contributed by atoms with Gasteiger partial charge in [0.05, 0.1) is 12.6 Å². The van der Waals surface area contributed by atoms with Crippen molar-refractivity contribution in [2.24, 2.45) is 0 Å². The zero-order chi connectivity index (χ0) is 14.5. The van der Waals surface area contributed by atoms with E-state index in [1.165, 1.54) is 0 Å². The summed E-state index contributed by atoms with van der Waals surface area (Å²) in [4.78, 5) is 29.8. The third kappa shape index (κ3) is 4.10. The summed E-state index contributed by atoms with van der Waals surface area (Å²) < 4.78 is 0. The normalized spacial score (nSPS) is 24.5. The Balaban J connectivity index is 1.82. The van der Waals surface area contributed by atoms with Crippen LogP contribution in [0.1, 0.15) is 6.42 Å². The van der Waals surface area contributed by atoms with Gasteiger partial charge in [0, 0.05) is 51.9 Å². The molecule has 0 aromatic heterocycles. The van der Waals surface area contributed by atoms with Gasteiger partial charge in [-0.1, -0.05) is 0 Å². The van der Waals surface area contributed by atoms with E-state index in [2.05, 4.69) is 10.2 Å². The number of hydrogen-bond acceptors (Lipinski definition) is 5. The van der Waals surface area contributed by atoms with E-state index in [1.54, 1.807) is 30.8 Å². The Morgan fingerprint density at radius 1 is 1.25 bits per heavy atom. The molecule has 1 atom stereocenters. The van der Waals surface area contributed by atoms with Crippen LogP contribution in [0.2, 0.25) is 0 Å². The molecule has 6 nitrogen and oxygen atoms in total. The molecule has 2 aliphatic heterocycles. The molecule has 2 amide bonds. The first-order valence-electron chi connectivity index (χ1n) is 7.10. The van der Waals surface area contributed by atoms with Crippen molar-refractivity contribution in [2.75, 3.05) is 58.4 Å². The molecule has 20 heavy (non-hydrogen) atoms. The first-order chi connectivity index (χ1) is 9.58. The van der Waals surface area contributed by atoms with Gasteiger partial charge in [-0.05, 0) is 6.42 Å². The van der Waals surface area contributed by atoms with Gasteiger partial charge in [0.25, 0.3) is 0 Å². The van der Waals surface area contributed by atoms with Crippen LogP contribution >= 0.6 is 11.8 Å². The lowest BCUT2D eigenvalue weighted by Crippen LogP contribution is -2.46. The highest BCUT2D eigenvalue weighted by atomic mass is 32.2. The van der Waals surface area contributed by atoms with Crippen LogP contribution in [0, 0.1) is 0 Å². The quantitative estimate of drug-likeness (QED) is 0.745. The summed E-state index contributed by atoms with van der Waals surface area (Å²) in [5, 5.41) is 3.23. The van der Waals surface area contributed by atoms with E-state index in [0.717, 1.165) is 44.2 Å². The van der Waals surface area contributed by atoms with Gasteiger partial charge in [0.15, 0.2) is 0 Å². The minimum atomic E-state index is -0.0186. The van der Waals surface area contributed by atoms with Crippen molar-refractivity contribution < 1.29 is 9.59 Å². The van der Waals surface area contributed by atoms with Crippen LogP contribution in [0.4, 0.5) is 0 Å². The molecule has 2 aliphatic rings. The van der Waals surface area contributed by atoms with Gasteiger partial charge in [-0.3, -0.25) is 19.8 Å². The summed E-state index contributed by atoms with van der Waals surface area (Å²) in [6.07, 6.45) is 0.937. The van der Waals surface area contributed by atoms with Crippen LogP contribution in [0.15, 0.2) is 0 Å². The average Bonchev–Trinajstić information content (AvgIpc) is 2.85. The zero-order valence-electron chi connectivity index (χ0n) is 12.3. The lowest BCUT2D eigenvalue weighted by Gasteiger charge is -2.24. The van der Waals surface area contributed by atoms with Gasteiger partial charge in [0.2, 0.25) is 11.8 Å². The summed E-state index contributed by atoms with van der Waals surface area (Å²) in [5.74, 6) is 2.08. The predicted octanol–water partition coefficient (Wildman–Crippen LogP) is -0.729. The Bertz CT molecular complexity index is 358. The van der Waals surface area contributed by atoms with Crippen molar-refractivity contribution in [3.8, 4) is 0 Å². The Hall–Kier alpha value is -0.790. The van der Waals surface area contributed by atoms with Crippen molar-refractivity contribution >= 4 is 23.6 Å². The molecule has 2 fully saturated rings. The minimum absolute atomic E-state index is 0.0186. The molecule has 114 valence electrons. The van der Waals surface area contributed by atoms with Crippen molar-refractivity contribution in [1.82, 2.24) is 20.0 Å². The lowest BCUT2D eigenvalue weighted by molar-refractivity contribution is -0.132. The van der Waals surface area contributed by atoms with Crippen LogP contribution in [-0.2, 0) is 9.59 Å². The van der Waals surface area contributed by atoms with Crippen LogP contribution in [0.5, 0.6) is 0 Å². The Labute approximate surface area is 124 Å². The topological polar surface area (TPSA) is 55.9 Å². The van der Waals surface area contributed by atoms with E-state index in [-0.39, 0.29) is 17.9 Å². The molecule has 0 aliphatic carbocycles. The summed E-state index contributed by atoms with van der Waals surface area (Å²) in [6, 6.07) is -0.0186. The number of carbonyl (C=O) groups excluding carboxylic acids is 2. The second-order valence-electron chi connectivity index (χ2n) is 5.51. The second kappa shape index (κ2) is 7.28. The van der Waals surface area contributed by atoms with E-state index < -0.39 is 0 Å². The average molecular weight is 300 g/mol. The molecule has 7 heteroatoms. The Morgan fingerprint density at radius 3 is 2.70 bits per heavy atom. The fraction of sp³-hybridized carbons (Fsp3) is 0.846. The van der Waals surface area contributed by atoms with Crippen LogP contribution in [-0.4, -0.2) is 91.0 Å². The molecule has 0 radical (unpaired) electrons. The number of hydrogen-bond donors (Lipinski definition) is 1. The molecule has 0 aromatic rings. The number of thioether (sulfide) groups is 1. The molecule has 2 saturated heterocycles. The molecule has 2 heterocycles. The van der Waals surface area contributed by atoms with Gasteiger partial charge in [-0.2, -0.15) is 0 Å². The van der Waals surface area contributed by atoms with Crippen LogP contribution in [0.25, 0.3) is 0 Å². The van der Waals surface area contributed by atoms with E-state index in [0.29, 0.717) is 6.54 Å². The first kappa shape index (κ1) is 15.6. The number of nitrogens with one attached hydrogen (secondary N) is 1. The summed E-state index contributed by atoms with van der Waals surface area (Å²) in [7, 11) is 3.55. The van der Waals surface area contributed by atoms with Crippen molar-refractivity contribution in [3.05, 3.63) is 0 Å². The zero-order valence-corrected chi connectivity index (χ0v) is 13.1. The molecule has 0 spiro atoms. The van der Waals surface area contributed by atoms with Crippen LogP contribution < -0.4 is 5.32 Å². The number of rotatable bonds is 3. The van der Waals surface area contributed by atoms with Gasteiger partial charge in [0.1, 0.15) is 0 Å². The van der Waals surface area contributed by atoms with Crippen molar-refractivity contribution in [1.29, 1.82) is 0 Å². The minimum Gasteiger partial charge on any atom is -0.348 e. The van der Waals surface area contributed by atoms with E-state index in [9.17, 15) is 9.59 Å². The van der Waals surface area contributed by atoms with Crippen LogP contribution in [0.3, 0.4) is 0 Å². The Morgan fingerprint density at radius 2 is 2.05 bits per heavy atom. The molecular weight excluding hydrogens is 276 g/mol. The third-order valence-electron chi connectivity index (χ3n) is 3.77. The van der Waals surface area contributed by atoms with Gasteiger partial charge < -0.3 is 9.80 Å². The molecule has 1 N–H and O–H groups in total. The molecular formula is C13H24N4O2S. The first-order valence-corrected chi connectivity index (χ1v) is 8.26. The number of amides is 2. The second-order valence-corrected chi connectivity index (χ2v) is 6.55. The maximum atomic E-state index is 12.3. The maximum absolute atomic E-state index is 12.3. The number of nitrogens with zero attached hydrogens (tertiary/aromatic N) is 3. The molecule has 0 bridgehead atoms. The highest BCUT2D eigenvalue weighted by Crippen LogP contribution is 2.13. The lowest BCUT2D eigenvalue weighted by atomic mass is 10.2. The largest absolute Gasteiger partial charge is 0.348 e. The standard InChI is InChI=1S/C13H24N4O2S/c1-15(2)12(18)8-16-4-3-5-17(7-6-16)13(19)11-9-20-10-14-11/h11,14H,3-10H2,1-2H3. The highest BCUT2D eigenvalue weighted by Gasteiger charge is 2.28. The van der Waals surface area contributed by atoms with E-state index >= 15 is 0 Å². The smallest absolute Gasteiger partial charge is 0.240 e. The summed E-state index contributed by atoms with van der Waals surface area (Å²) >= 11 is 1.77.